The minimum atomic E-state index is -0.215. The Morgan fingerprint density at radius 1 is 1.35 bits per heavy atom. The number of rotatable bonds is 4. The van der Waals surface area contributed by atoms with Crippen molar-refractivity contribution in [3.63, 3.8) is 0 Å². The van der Waals surface area contributed by atoms with Gasteiger partial charge >= 0.3 is 0 Å². The van der Waals surface area contributed by atoms with Crippen molar-refractivity contribution in [3.8, 4) is 0 Å². The number of fused-ring (bicyclic) bond motifs is 1. The maximum Gasteiger partial charge on any atom is 0.257 e. The van der Waals surface area contributed by atoms with Crippen LogP contribution in [-0.2, 0) is 4.79 Å². The molecular weight excluding hydrogens is 308 g/mol. The zero-order valence-corrected chi connectivity index (χ0v) is 14.7. The molecule has 0 radical (unpaired) electrons. The van der Waals surface area contributed by atoms with Gasteiger partial charge in [0.2, 0.25) is 5.91 Å². The number of para-hydroxylation sites is 2. The zero-order valence-electron chi connectivity index (χ0n) is 13.9. The molecule has 1 fully saturated rings. The van der Waals surface area contributed by atoms with Crippen molar-refractivity contribution >= 4 is 28.8 Å². The number of aromatic nitrogens is 1. The van der Waals surface area contributed by atoms with Crippen LogP contribution in [0.2, 0.25) is 0 Å². The zero-order chi connectivity index (χ0) is 16.4. The van der Waals surface area contributed by atoms with Crippen LogP contribution < -0.4 is 5.32 Å². The molecule has 4 nitrogen and oxygen atoms in total. The van der Waals surface area contributed by atoms with E-state index in [2.05, 4.69) is 24.1 Å². The fourth-order valence-corrected chi connectivity index (χ4v) is 3.96. The van der Waals surface area contributed by atoms with Crippen LogP contribution in [0.4, 0.5) is 0 Å². The normalized spacial score (nSPS) is 26.1. The van der Waals surface area contributed by atoms with Gasteiger partial charge in [0.25, 0.3) is 5.22 Å². The topological polar surface area (TPSA) is 55.1 Å². The molecule has 3 rings (SSSR count). The van der Waals surface area contributed by atoms with Gasteiger partial charge in [0.15, 0.2) is 5.58 Å². The Kier molecular flexibility index (Phi) is 4.95. The summed E-state index contributed by atoms with van der Waals surface area (Å²) < 4.78 is 5.69. The molecule has 1 aliphatic carbocycles. The molecule has 1 amide bonds. The molecule has 124 valence electrons. The molecule has 23 heavy (non-hydrogen) atoms. The Morgan fingerprint density at radius 3 is 2.91 bits per heavy atom. The van der Waals surface area contributed by atoms with E-state index in [4.69, 9.17) is 4.42 Å². The average Bonchev–Trinajstić information content (AvgIpc) is 2.93. The maximum atomic E-state index is 12.5. The van der Waals surface area contributed by atoms with Crippen LogP contribution in [0.3, 0.4) is 0 Å². The molecule has 2 aromatic rings. The average molecular weight is 332 g/mol. The highest BCUT2D eigenvalue weighted by molar-refractivity contribution is 8.00. The van der Waals surface area contributed by atoms with Crippen LogP contribution in [0.25, 0.3) is 11.1 Å². The first-order valence-electron chi connectivity index (χ1n) is 8.37. The van der Waals surface area contributed by atoms with E-state index in [1.165, 1.54) is 24.6 Å². The van der Waals surface area contributed by atoms with Gasteiger partial charge in [-0.3, -0.25) is 4.79 Å². The summed E-state index contributed by atoms with van der Waals surface area (Å²) in [5.74, 6) is 1.28. The van der Waals surface area contributed by atoms with Crippen molar-refractivity contribution in [2.24, 2.45) is 11.8 Å². The van der Waals surface area contributed by atoms with Crippen LogP contribution in [0.15, 0.2) is 33.9 Å². The number of thioether (sulfide) groups is 1. The summed E-state index contributed by atoms with van der Waals surface area (Å²) in [6.07, 6.45) is 3.54. The minimum absolute atomic E-state index is 0.0724. The fraction of sp³-hybridized carbons (Fsp3) is 0.556. The van der Waals surface area contributed by atoms with Gasteiger partial charge in [-0.15, -0.1) is 0 Å². The Balaban J connectivity index is 1.61. The molecule has 0 spiro atoms. The minimum Gasteiger partial charge on any atom is -0.431 e. The van der Waals surface area contributed by atoms with Crippen molar-refractivity contribution in [1.29, 1.82) is 0 Å². The Labute approximate surface area is 141 Å². The number of nitrogens with one attached hydrogen (secondary N) is 1. The molecule has 0 saturated heterocycles. The number of nitrogens with zero attached hydrogens (tertiary/aromatic N) is 1. The quantitative estimate of drug-likeness (QED) is 0.851. The van der Waals surface area contributed by atoms with E-state index in [0.717, 1.165) is 17.5 Å². The fourth-order valence-electron chi connectivity index (χ4n) is 3.19. The summed E-state index contributed by atoms with van der Waals surface area (Å²) in [4.78, 5) is 16.9. The highest BCUT2D eigenvalue weighted by Gasteiger charge is 2.29. The molecule has 0 aliphatic heterocycles. The molecular formula is C18H24N2O2S. The molecule has 1 aromatic carbocycles. The first kappa shape index (κ1) is 16.4. The number of oxazole rings is 1. The second-order valence-corrected chi connectivity index (χ2v) is 7.88. The third kappa shape index (κ3) is 3.71. The van der Waals surface area contributed by atoms with Gasteiger partial charge in [-0.25, -0.2) is 4.98 Å². The predicted octanol–water partition coefficient (Wildman–Crippen LogP) is 4.25. The van der Waals surface area contributed by atoms with Gasteiger partial charge < -0.3 is 9.73 Å². The molecule has 1 aromatic heterocycles. The molecule has 0 bridgehead atoms. The summed E-state index contributed by atoms with van der Waals surface area (Å²) in [6, 6.07) is 7.95. The number of amides is 1. The van der Waals surface area contributed by atoms with Gasteiger partial charge in [-0.1, -0.05) is 50.6 Å². The monoisotopic (exact) mass is 332 g/mol. The van der Waals surface area contributed by atoms with E-state index in [0.29, 0.717) is 17.1 Å². The maximum absolute atomic E-state index is 12.5. The van der Waals surface area contributed by atoms with Crippen molar-refractivity contribution < 1.29 is 9.21 Å². The van der Waals surface area contributed by atoms with Crippen LogP contribution in [0.5, 0.6) is 0 Å². The number of hydrogen-bond donors (Lipinski definition) is 1. The van der Waals surface area contributed by atoms with Crippen molar-refractivity contribution in [3.05, 3.63) is 24.3 Å². The highest BCUT2D eigenvalue weighted by Crippen LogP contribution is 2.31. The van der Waals surface area contributed by atoms with E-state index in [1.807, 2.05) is 31.2 Å². The van der Waals surface area contributed by atoms with Crippen molar-refractivity contribution in [1.82, 2.24) is 10.3 Å². The molecule has 1 heterocycles. The first-order valence-corrected chi connectivity index (χ1v) is 9.25. The largest absolute Gasteiger partial charge is 0.431 e. The summed E-state index contributed by atoms with van der Waals surface area (Å²) in [7, 11) is 0. The smallest absolute Gasteiger partial charge is 0.257 e. The third-order valence-electron chi connectivity index (χ3n) is 4.96. The van der Waals surface area contributed by atoms with Gasteiger partial charge in [0.05, 0.1) is 5.25 Å². The van der Waals surface area contributed by atoms with Crippen molar-refractivity contribution in [2.75, 3.05) is 0 Å². The van der Waals surface area contributed by atoms with E-state index >= 15 is 0 Å². The Bertz CT molecular complexity index is 651. The van der Waals surface area contributed by atoms with Crippen LogP contribution in [0.1, 0.15) is 40.0 Å². The van der Waals surface area contributed by atoms with E-state index in [1.54, 1.807) is 0 Å². The van der Waals surface area contributed by atoms with Crippen LogP contribution in [0, 0.1) is 11.8 Å². The van der Waals surface area contributed by atoms with E-state index in [-0.39, 0.29) is 17.2 Å². The summed E-state index contributed by atoms with van der Waals surface area (Å²) in [5.41, 5.74) is 1.59. The van der Waals surface area contributed by atoms with Gasteiger partial charge in [-0.05, 0) is 37.3 Å². The third-order valence-corrected chi connectivity index (χ3v) is 5.90. The van der Waals surface area contributed by atoms with Gasteiger partial charge in [0, 0.05) is 6.04 Å². The highest BCUT2D eigenvalue weighted by atomic mass is 32.2. The van der Waals surface area contributed by atoms with E-state index < -0.39 is 0 Å². The standard InChI is InChI=1S/C18H24N2O2S/c1-11-7-6-9-14(12(11)2)19-17(21)13(3)23-18-20-15-8-4-5-10-16(15)22-18/h4-5,8,10-14H,6-7,9H2,1-3H3,(H,19,21)/t11-,12-,13-,14+/m0/s1. The summed E-state index contributed by atoms with van der Waals surface area (Å²) in [5, 5.41) is 3.56. The Morgan fingerprint density at radius 2 is 2.13 bits per heavy atom. The second-order valence-electron chi connectivity index (χ2n) is 6.59. The van der Waals surface area contributed by atoms with E-state index in [9.17, 15) is 4.79 Å². The number of benzene rings is 1. The number of carbonyl (C=O) groups is 1. The molecule has 1 N–H and O–H groups in total. The van der Waals surface area contributed by atoms with Gasteiger partial charge in [-0.2, -0.15) is 0 Å². The lowest BCUT2D eigenvalue weighted by Gasteiger charge is -2.35. The second kappa shape index (κ2) is 6.95. The van der Waals surface area contributed by atoms with Crippen LogP contribution >= 0.6 is 11.8 Å². The molecule has 4 atom stereocenters. The van der Waals surface area contributed by atoms with Crippen molar-refractivity contribution in [2.45, 2.75) is 56.5 Å². The summed E-state index contributed by atoms with van der Waals surface area (Å²) >= 11 is 1.38. The Hall–Kier alpha value is -1.49. The molecule has 0 unspecified atom stereocenters. The van der Waals surface area contributed by atoms with Gasteiger partial charge in [0.1, 0.15) is 5.52 Å². The van der Waals surface area contributed by atoms with Crippen LogP contribution in [-0.4, -0.2) is 22.2 Å². The number of hydrogen-bond acceptors (Lipinski definition) is 4. The number of carbonyl (C=O) groups excluding carboxylic acids is 1. The lowest BCUT2D eigenvalue weighted by Crippen LogP contribution is -2.46. The SMILES string of the molecule is C[C@H]1[C@@H](C)CCC[C@H]1NC(=O)[C@H](C)Sc1nc2ccccc2o1. The molecule has 5 heteroatoms. The molecule has 1 saturated carbocycles. The predicted molar refractivity (Wildman–Crippen MR) is 93.4 cm³/mol. The summed E-state index contributed by atoms with van der Waals surface area (Å²) in [6.45, 7) is 6.43. The lowest BCUT2D eigenvalue weighted by atomic mass is 9.78. The molecule has 1 aliphatic rings. The first-order chi connectivity index (χ1) is 11.0. The lowest BCUT2D eigenvalue weighted by molar-refractivity contribution is -0.121.